The molecule has 0 aromatic carbocycles. The molecule has 0 fully saturated rings. The molecule has 0 aromatic rings. The van der Waals surface area contributed by atoms with Crippen LogP contribution in [-0.2, 0) is 14.3 Å². The summed E-state index contributed by atoms with van der Waals surface area (Å²) in [7, 11) is 0. The van der Waals surface area contributed by atoms with E-state index in [2.05, 4.69) is 6.58 Å². The van der Waals surface area contributed by atoms with E-state index >= 15 is 0 Å². The summed E-state index contributed by atoms with van der Waals surface area (Å²) in [6.45, 7) is 10.5. The standard InChI is InChI=1S/C12H20O4/c1-6-8(2)9(11(14)15)7-10(13)16-12(3,4)5/h6,8-9H,1,7H2,2-5H3,(H,14,15)/t8-,9?/m1/s1. The van der Waals surface area contributed by atoms with Crippen LogP contribution < -0.4 is 0 Å². The molecule has 92 valence electrons. The minimum atomic E-state index is -1.00. The molecule has 0 aliphatic carbocycles. The predicted molar refractivity (Wildman–Crippen MR) is 60.9 cm³/mol. The maximum atomic E-state index is 11.5. The monoisotopic (exact) mass is 228 g/mol. The third-order valence-corrected chi connectivity index (χ3v) is 2.13. The number of hydrogen-bond donors (Lipinski definition) is 1. The van der Waals surface area contributed by atoms with Crippen LogP contribution in [0.15, 0.2) is 12.7 Å². The van der Waals surface area contributed by atoms with E-state index in [1.807, 2.05) is 0 Å². The van der Waals surface area contributed by atoms with Crippen LogP contribution in [0.1, 0.15) is 34.1 Å². The first-order valence-corrected chi connectivity index (χ1v) is 5.24. The van der Waals surface area contributed by atoms with E-state index < -0.39 is 23.5 Å². The zero-order valence-corrected chi connectivity index (χ0v) is 10.3. The fourth-order valence-corrected chi connectivity index (χ4v) is 1.23. The minimum Gasteiger partial charge on any atom is -0.481 e. The molecule has 0 aromatic heterocycles. The first-order chi connectivity index (χ1) is 7.17. The molecule has 0 bridgehead atoms. The van der Waals surface area contributed by atoms with Gasteiger partial charge in [-0.05, 0) is 26.7 Å². The highest BCUT2D eigenvalue weighted by Crippen LogP contribution is 2.19. The highest BCUT2D eigenvalue weighted by atomic mass is 16.6. The smallest absolute Gasteiger partial charge is 0.307 e. The summed E-state index contributed by atoms with van der Waals surface area (Å²) in [5.41, 5.74) is -0.586. The van der Waals surface area contributed by atoms with Crippen LogP contribution in [-0.4, -0.2) is 22.6 Å². The Morgan fingerprint density at radius 2 is 1.94 bits per heavy atom. The van der Waals surface area contributed by atoms with Crippen molar-refractivity contribution in [2.75, 3.05) is 0 Å². The number of carbonyl (C=O) groups excluding carboxylic acids is 1. The molecule has 0 radical (unpaired) electrons. The molecule has 0 aliphatic heterocycles. The first kappa shape index (κ1) is 14.7. The molecule has 4 heteroatoms. The molecular weight excluding hydrogens is 208 g/mol. The number of rotatable bonds is 5. The normalized spacial score (nSPS) is 15.0. The Labute approximate surface area is 96.3 Å². The Morgan fingerprint density at radius 3 is 2.25 bits per heavy atom. The SMILES string of the molecule is C=C[C@@H](C)C(CC(=O)OC(C)(C)C)C(=O)O. The van der Waals surface area contributed by atoms with Gasteiger partial charge in [0.15, 0.2) is 0 Å². The van der Waals surface area contributed by atoms with Crippen molar-refractivity contribution in [3.8, 4) is 0 Å². The van der Waals surface area contributed by atoms with Crippen LogP contribution in [0, 0.1) is 11.8 Å². The van der Waals surface area contributed by atoms with Crippen LogP contribution in [0.25, 0.3) is 0 Å². The number of carboxylic acid groups (broad SMARTS) is 1. The van der Waals surface area contributed by atoms with E-state index in [0.717, 1.165) is 0 Å². The van der Waals surface area contributed by atoms with Crippen molar-refractivity contribution in [3.63, 3.8) is 0 Å². The lowest BCUT2D eigenvalue weighted by Gasteiger charge is -2.22. The van der Waals surface area contributed by atoms with Crippen molar-refractivity contribution < 1.29 is 19.4 Å². The zero-order chi connectivity index (χ0) is 12.9. The van der Waals surface area contributed by atoms with Gasteiger partial charge < -0.3 is 9.84 Å². The van der Waals surface area contributed by atoms with Crippen molar-refractivity contribution in [2.24, 2.45) is 11.8 Å². The average molecular weight is 228 g/mol. The molecule has 0 heterocycles. The molecule has 0 aliphatic rings. The third kappa shape index (κ3) is 5.53. The van der Waals surface area contributed by atoms with Gasteiger partial charge in [0.05, 0.1) is 12.3 Å². The molecule has 0 saturated heterocycles. The topological polar surface area (TPSA) is 63.6 Å². The van der Waals surface area contributed by atoms with E-state index in [9.17, 15) is 9.59 Å². The molecule has 4 nitrogen and oxygen atoms in total. The van der Waals surface area contributed by atoms with Gasteiger partial charge in [-0.3, -0.25) is 9.59 Å². The van der Waals surface area contributed by atoms with Gasteiger partial charge >= 0.3 is 11.9 Å². The predicted octanol–water partition coefficient (Wildman–Crippen LogP) is 2.24. The number of allylic oxidation sites excluding steroid dienone is 1. The largest absolute Gasteiger partial charge is 0.481 e. The summed E-state index contributed by atoms with van der Waals surface area (Å²) < 4.78 is 5.08. The Kier molecular flexibility index (Phi) is 5.21. The van der Waals surface area contributed by atoms with Crippen molar-refractivity contribution >= 4 is 11.9 Å². The molecular formula is C12H20O4. The quantitative estimate of drug-likeness (QED) is 0.579. The molecule has 2 atom stereocenters. The second kappa shape index (κ2) is 5.68. The lowest BCUT2D eigenvalue weighted by Crippen LogP contribution is -2.29. The Hall–Kier alpha value is -1.32. The van der Waals surface area contributed by atoms with Gasteiger partial charge in [-0.25, -0.2) is 0 Å². The van der Waals surface area contributed by atoms with Crippen molar-refractivity contribution in [1.29, 1.82) is 0 Å². The van der Waals surface area contributed by atoms with Gasteiger partial charge in [-0.15, -0.1) is 6.58 Å². The Bertz CT molecular complexity index is 275. The average Bonchev–Trinajstić information content (AvgIpc) is 2.09. The lowest BCUT2D eigenvalue weighted by atomic mass is 9.91. The van der Waals surface area contributed by atoms with Gasteiger partial charge in [0.2, 0.25) is 0 Å². The fraction of sp³-hybridized carbons (Fsp3) is 0.667. The highest BCUT2D eigenvalue weighted by molar-refractivity contribution is 5.79. The van der Waals surface area contributed by atoms with Crippen molar-refractivity contribution in [2.45, 2.75) is 39.7 Å². The number of ether oxygens (including phenoxy) is 1. The van der Waals surface area contributed by atoms with E-state index in [4.69, 9.17) is 9.84 Å². The van der Waals surface area contributed by atoms with E-state index in [-0.39, 0.29) is 12.3 Å². The molecule has 0 amide bonds. The Morgan fingerprint density at radius 1 is 1.44 bits per heavy atom. The summed E-state index contributed by atoms with van der Waals surface area (Å²) in [4.78, 5) is 22.4. The number of esters is 1. The summed E-state index contributed by atoms with van der Waals surface area (Å²) in [6, 6.07) is 0. The molecule has 0 saturated carbocycles. The second-order valence-corrected chi connectivity index (χ2v) is 4.83. The van der Waals surface area contributed by atoms with Crippen LogP contribution in [0.3, 0.4) is 0 Å². The third-order valence-electron chi connectivity index (χ3n) is 2.13. The molecule has 16 heavy (non-hydrogen) atoms. The molecule has 0 rings (SSSR count). The second-order valence-electron chi connectivity index (χ2n) is 4.83. The van der Waals surface area contributed by atoms with Crippen molar-refractivity contribution in [1.82, 2.24) is 0 Å². The first-order valence-electron chi connectivity index (χ1n) is 5.24. The summed E-state index contributed by atoms with van der Waals surface area (Å²) in [5, 5.41) is 8.97. The van der Waals surface area contributed by atoms with Gasteiger partial charge in [0.25, 0.3) is 0 Å². The van der Waals surface area contributed by atoms with Crippen molar-refractivity contribution in [3.05, 3.63) is 12.7 Å². The number of hydrogen-bond acceptors (Lipinski definition) is 3. The number of aliphatic carboxylic acids is 1. The zero-order valence-electron chi connectivity index (χ0n) is 10.3. The van der Waals surface area contributed by atoms with Crippen LogP contribution in [0.5, 0.6) is 0 Å². The molecule has 1 unspecified atom stereocenters. The summed E-state index contributed by atoms with van der Waals surface area (Å²) in [6.07, 6.45) is 1.41. The molecule has 1 N–H and O–H groups in total. The minimum absolute atomic E-state index is 0.125. The maximum Gasteiger partial charge on any atom is 0.307 e. The van der Waals surface area contributed by atoms with Crippen LogP contribution in [0.2, 0.25) is 0 Å². The highest BCUT2D eigenvalue weighted by Gasteiger charge is 2.28. The van der Waals surface area contributed by atoms with Crippen LogP contribution >= 0.6 is 0 Å². The summed E-state index contributed by atoms with van der Waals surface area (Å²) in [5.74, 6) is -2.52. The van der Waals surface area contributed by atoms with E-state index in [1.165, 1.54) is 6.08 Å². The maximum absolute atomic E-state index is 11.5. The van der Waals surface area contributed by atoms with Gasteiger partial charge in [0, 0.05) is 0 Å². The van der Waals surface area contributed by atoms with Crippen LogP contribution in [0.4, 0.5) is 0 Å². The Balaban J connectivity index is 4.47. The lowest BCUT2D eigenvalue weighted by molar-refractivity contribution is -0.160. The van der Waals surface area contributed by atoms with E-state index in [0.29, 0.717) is 0 Å². The molecule has 0 spiro atoms. The summed E-state index contributed by atoms with van der Waals surface area (Å²) >= 11 is 0. The van der Waals surface area contributed by atoms with Gasteiger partial charge in [0.1, 0.15) is 5.60 Å². The van der Waals surface area contributed by atoms with Gasteiger partial charge in [-0.1, -0.05) is 13.0 Å². The number of carbonyl (C=O) groups is 2. The van der Waals surface area contributed by atoms with Gasteiger partial charge in [-0.2, -0.15) is 0 Å². The fourth-order valence-electron chi connectivity index (χ4n) is 1.23. The van der Waals surface area contributed by atoms with E-state index in [1.54, 1.807) is 27.7 Å². The number of carboxylic acids is 1.